The number of aromatic nitrogens is 4. The molecule has 0 bridgehead atoms. The molecule has 30 heavy (non-hydrogen) atoms. The Hall–Kier alpha value is -3.61. The van der Waals surface area contributed by atoms with E-state index in [4.69, 9.17) is 9.51 Å². The minimum absolute atomic E-state index is 0.0675. The van der Waals surface area contributed by atoms with Crippen LogP contribution in [0.25, 0.3) is 22.2 Å². The zero-order valence-electron chi connectivity index (χ0n) is 16.7. The number of fused-ring (bicyclic) bond motifs is 1. The Kier molecular flexibility index (Phi) is 4.71. The smallest absolute Gasteiger partial charge is 0.276 e. The molecule has 7 nitrogen and oxygen atoms in total. The van der Waals surface area contributed by atoms with Crippen molar-refractivity contribution < 1.29 is 9.32 Å². The molecule has 0 N–H and O–H groups in total. The highest BCUT2D eigenvalue weighted by Crippen LogP contribution is 2.29. The Morgan fingerprint density at radius 2 is 1.87 bits per heavy atom. The summed E-state index contributed by atoms with van der Waals surface area (Å²) in [5, 5.41) is 4.86. The van der Waals surface area contributed by atoms with Crippen molar-refractivity contribution in [2.45, 2.75) is 25.7 Å². The molecular weight excluding hydrogens is 378 g/mol. The molecule has 1 aliphatic rings. The summed E-state index contributed by atoms with van der Waals surface area (Å²) in [7, 11) is 0. The highest BCUT2D eigenvalue weighted by molar-refractivity contribution is 5.92. The molecule has 0 unspecified atom stereocenters. The minimum atomic E-state index is -0.0675. The third-order valence-corrected chi connectivity index (χ3v) is 5.62. The number of hydrogen-bond acceptors (Lipinski definition) is 6. The highest BCUT2D eigenvalue weighted by Gasteiger charge is 2.27. The lowest BCUT2D eigenvalue weighted by atomic mass is 9.92. The van der Waals surface area contributed by atoms with Crippen LogP contribution in [0, 0.1) is 6.92 Å². The van der Waals surface area contributed by atoms with Gasteiger partial charge in [-0.2, -0.15) is 0 Å². The molecule has 150 valence electrons. The molecule has 4 aromatic rings. The molecule has 0 atom stereocenters. The fourth-order valence-electron chi connectivity index (χ4n) is 3.96. The Bertz CT molecular complexity index is 1200. The summed E-state index contributed by atoms with van der Waals surface area (Å²) in [5.41, 5.74) is 4.30. The van der Waals surface area contributed by atoms with Crippen molar-refractivity contribution in [2.24, 2.45) is 0 Å². The molecule has 0 spiro atoms. The SMILES string of the molecule is Cc1cc(C(=O)N2CCC(c3ccc4cc(-c5ccncc5)cnc4n3)CC2)no1. The van der Waals surface area contributed by atoms with E-state index in [0.29, 0.717) is 30.5 Å². The number of likely N-dealkylation sites (tertiary alicyclic amines) is 1. The second kappa shape index (κ2) is 7.67. The Morgan fingerprint density at radius 1 is 1.07 bits per heavy atom. The maximum Gasteiger partial charge on any atom is 0.276 e. The van der Waals surface area contributed by atoms with Gasteiger partial charge in [-0.05, 0) is 55.7 Å². The van der Waals surface area contributed by atoms with E-state index in [1.165, 1.54) is 0 Å². The molecule has 0 aliphatic carbocycles. The van der Waals surface area contributed by atoms with Crippen molar-refractivity contribution in [3.63, 3.8) is 0 Å². The van der Waals surface area contributed by atoms with E-state index >= 15 is 0 Å². The molecule has 1 saturated heterocycles. The van der Waals surface area contributed by atoms with Gasteiger partial charge >= 0.3 is 0 Å². The Labute approximate surface area is 173 Å². The maximum atomic E-state index is 12.6. The number of amides is 1. The minimum Gasteiger partial charge on any atom is -0.361 e. The fraction of sp³-hybridized carbons (Fsp3) is 0.261. The molecule has 0 radical (unpaired) electrons. The van der Waals surface area contributed by atoms with Gasteiger partial charge in [0.05, 0.1) is 0 Å². The number of carbonyl (C=O) groups is 1. The molecular formula is C23H21N5O2. The summed E-state index contributed by atoms with van der Waals surface area (Å²) < 4.78 is 5.03. The topological polar surface area (TPSA) is 85.0 Å². The van der Waals surface area contributed by atoms with Crippen LogP contribution in [0.4, 0.5) is 0 Å². The normalized spacial score (nSPS) is 14.9. The average molecular weight is 399 g/mol. The van der Waals surface area contributed by atoms with Crippen molar-refractivity contribution in [3.05, 3.63) is 72.1 Å². The van der Waals surface area contributed by atoms with Gasteiger partial charge in [0.25, 0.3) is 5.91 Å². The molecule has 5 heterocycles. The molecule has 0 saturated carbocycles. The van der Waals surface area contributed by atoms with E-state index < -0.39 is 0 Å². The van der Waals surface area contributed by atoms with Gasteiger partial charge in [-0.15, -0.1) is 0 Å². The number of hydrogen-bond donors (Lipinski definition) is 0. The van der Waals surface area contributed by atoms with Gasteiger partial charge in [0.2, 0.25) is 0 Å². The van der Waals surface area contributed by atoms with Crippen LogP contribution >= 0.6 is 0 Å². The predicted octanol–water partition coefficient (Wildman–Crippen LogP) is 4.01. The second-order valence-corrected chi connectivity index (χ2v) is 7.63. The quantitative estimate of drug-likeness (QED) is 0.517. The predicted molar refractivity (Wildman–Crippen MR) is 112 cm³/mol. The summed E-state index contributed by atoms with van der Waals surface area (Å²) in [6.45, 7) is 3.16. The lowest BCUT2D eigenvalue weighted by molar-refractivity contribution is 0.0701. The summed E-state index contributed by atoms with van der Waals surface area (Å²) in [5.74, 6) is 0.898. The van der Waals surface area contributed by atoms with E-state index in [2.05, 4.69) is 33.3 Å². The fourth-order valence-corrected chi connectivity index (χ4v) is 3.96. The van der Waals surface area contributed by atoms with E-state index in [0.717, 1.165) is 40.7 Å². The average Bonchev–Trinajstić information content (AvgIpc) is 3.25. The van der Waals surface area contributed by atoms with Gasteiger partial charge in [0.15, 0.2) is 11.3 Å². The molecule has 4 aromatic heterocycles. The van der Waals surface area contributed by atoms with Crippen LogP contribution in [-0.4, -0.2) is 44.0 Å². The van der Waals surface area contributed by atoms with Gasteiger partial charge in [0, 0.05) is 60.3 Å². The van der Waals surface area contributed by atoms with Crippen LogP contribution in [0.2, 0.25) is 0 Å². The number of rotatable bonds is 3. The Balaban J connectivity index is 1.30. The van der Waals surface area contributed by atoms with E-state index in [-0.39, 0.29) is 5.91 Å². The monoisotopic (exact) mass is 399 g/mol. The third kappa shape index (κ3) is 3.54. The van der Waals surface area contributed by atoms with Gasteiger partial charge in [0.1, 0.15) is 5.76 Å². The lowest BCUT2D eigenvalue weighted by Crippen LogP contribution is -2.38. The molecule has 1 amide bonds. The molecule has 7 heteroatoms. The summed E-state index contributed by atoms with van der Waals surface area (Å²) in [6.07, 6.45) is 7.16. The highest BCUT2D eigenvalue weighted by atomic mass is 16.5. The number of pyridine rings is 3. The first-order valence-electron chi connectivity index (χ1n) is 10.1. The molecule has 5 rings (SSSR count). The molecule has 1 fully saturated rings. The second-order valence-electron chi connectivity index (χ2n) is 7.63. The van der Waals surface area contributed by atoms with Crippen molar-refractivity contribution in [1.29, 1.82) is 0 Å². The van der Waals surface area contributed by atoms with Crippen LogP contribution in [0.1, 0.15) is 40.7 Å². The third-order valence-electron chi connectivity index (χ3n) is 5.62. The van der Waals surface area contributed by atoms with Crippen LogP contribution in [0.5, 0.6) is 0 Å². The van der Waals surface area contributed by atoms with Crippen molar-refractivity contribution in [3.8, 4) is 11.1 Å². The van der Waals surface area contributed by atoms with Gasteiger partial charge < -0.3 is 9.42 Å². The zero-order chi connectivity index (χ0) is 20.5. The standard InChI is InChI=1S/C23H21N5O2/c1-15-12-21(27-30-15)23(29)28-10-6-17(7-11-28)20-3-2-18-13-19(14-25-22(18)26-20)16-4-8-24-9-5-16/h2-5,8-9,12-14,17H,6-7,10-11H2,1H3. The van der Waals surface area contributed by atoms with Crippen LogP contribution < -0.4 is 0 Å². The van der Waals surface area contributed by atoms with Crippen molar-refractivity contribution in [2.75, 3.05) is 13.1 Å². The number of aryl methyl sites for hydroxylation is 1. The first-order valence-corrected chi connectivity index (χ1v) is 10.1. The van der Waals surface area contributed by atoms with Crippen LogP contribution in [-0.2, 0) is 0 Å². The first-order chi connectivity index (χ1) is 14.7. The Morgan fingerprint density at radius 3 is 2.60 bits per heavy atom. The summed E-state index contributed by atoms with van der Waals surface area (Å²) in [4.78, 5) is 27.9. The zero-order valence-corrected chi connectivity index (χ0v) is 16.7. The van der Waals surface area contributed by atoms with Crippen LogP contribution in [0.15, 0.2) is 59.5 Å². The first kappa shape index (κ1) is 18.4. The number of carbonyl (C=O) groups excluding carboxylic acids is 1. The molecule has 0 aromatic carbocycles. The maximum absolute atomic E-state index is 12.6. The van der Waals surface area contributed by atoms with Gasteiger partial charge in [-0.25, -0.2) is 9.97 Å². The molecule has 1 aliphatic heterocycles. The largest absolute Gasteiger partial charge is 0.361 e. The lowest BCUT2D eigenvalue weighted by Gasteiger charge is -2.31. The van der Waals surface area contributed by atoms with Crippen LogP contribution in [0.3, 0.4) is 0 Å². The number of piperidine rings is 1. The van der Waals surface area contributed by atoms with Gasteiger partial charge in [-0.3, -0.25) is 9.78 Å². The van der Waals surface area contributed by atoms with E-state index in [1.54, 1.807) is 25.4 Å². The van der Waals surface area contributed by atoms with E-state index in [1.807, 2.05) is 23.2 Å². The van der Waals surface area contributed by atoms with Gasteiger partial charge in [-0.1, -0.05) is 5.16 Å². The summed E-state index contributed by atoms with van der Waals surface area (Å²) in [6, 6.07) is 11.9. The summed E-state index contributed by atoms with van der Waals surface area (Å²) >= 11 is 0. The van der Waals surface area contributed by atoms with E-state index in [9.17, 15) is 4.79 Å². The number of nitrogens with zero attached hydrogens (tertiary/aromatic N) is 5. The van der Waals surface area contributed by atoms with Crippen molar-refractivity contribution in [1.82, 2.24) is 25.0 Å². The van der Waals surface area contributed by atoms with Crippen molar-refractivity contribution >= 4 is 16.9 Å².